The van der Waals surface area contributed by atoms with Crippen LogP contribution in [0.25, 0.3) is 0 Å². The molecule has 0 spiro atoms. The van der Waals surface area contributed by atoms with Crippen molar-refractivity contribution in [3.63, 3.8) is 0 Å². The zero-order valence-electron chi connectivity index (χ0n) is 12.1. The first kappa shape index (κ1) is 15.5. The predicted octanol–water partition coefficient (Wildman–Crippen LogP) is 4.39. The summed E-state index contributed by atoms with van der Waals surface area (Å²) in [4.78, 5) is 15.5. The van der Waals surface area contributed by atoms with Crippen LogP contribution >= 0.6 is 24.0 Å². The molecule has 0 saturated carbocycles. The highest BCUT2D eigenvalue weighted by Gasteiger charge is 2.19. The first-order chi connectivity index (χ1) is 9.58. The van der Waals surface area contributed by atoms with Crippen molar-refractivity contribution in [3.8, 4) is 0 Å². The number of ketones is 1. The van der Waals surface area contributed by atoms with Gasteiger partial charge in [0.05, 0.1) is 0 Å². The number of Topliss-reactive ketones (excluding diaryl/α,β-unsaturated/α-hetero) is 1. The summed E-state index contributed by atoms with van der Waals surface area (Å²) in [7, 11) is 0. The summed E-state index contributed by atoms with van der Waals surface area (Å²) in [6.07, 6.45) is 3.03. The standard InChI is InChI=1S/C16H21NOS2/c1-12(2)11-14(18)13-7-3-4-8-15(13)20-16(19)17-9-5-6-10-17/h3-4,7-8,12H,5-6,9-11H2,1-2H3. The maximum atomic E-state index is 12.3. The first-order valence-corrected chi connectivity index (χ1v) is 8.39. The Morgan fingerprint density at radius 3 is 2.60 bits per heavy atom. The zero-order valence-corrected chi connectivity index (χ0v) is 13.7. The molecule has 1 aliphatic rings. The molecule has 1 saturated heterocycles. The fourth-order valence-electron chi connectivity index (χ4n) is 2.33. The van der Waals surface area contributed by atoms with Gasteiger partial charge in [-0.2, -0.15) is 0 Å². The second-order valence-corrected chi connectivity index (χ2v) is 7.26. The maximum Gasteiger partial charge on any atom is 0.164 e. The lowest BCUT2D eigenvalue weighted by atomic mass is 10.0. The van der Waals surface area contributed by atoms with E-state index in [1.807, 2.05) is 24.3 Å². The maximum absolute atomic E-state index is 12.3. The minimum Gasteiger partial charge on any atom is -0.357 e. The molecule has 0 bridgehead atoms. The van der Waals surface area contributed by atoms with Crippen LogP contribution in [0, 0.1) is 5.92 Å². The molecule has 0 aromatic heterocycles. The highest BCUT2D eigenvalue weighted by molar-refractivity contribution is 8.23. The summed E-state index contributed by atoms with van der Waals surface area (Å²) < 4.78 is 0.896. The van der Waals surface area contributed by atoms with E-state index in [0.29, 0.717) is 12.3 Å². The van der Waals surface area contributed by atoms with E-state index >= 15 is 0 Å². The molecule has 0 aliphatic carbocycles. The van der Waals surface area contributed by atoms with Crippen LogP contribution in [0.4, 0.5) is 0 Å². The second-order valence-electron chi connectivity index (χ2n) is 5.58. The summed E-state index contributed by atoms with van der Waals surface area (Å²) in [5.74, 6) is 0.596. The number of likely N-dealkylation sites (tertiary alicyclic amines) is 1. The molecule has 1 heterocycles. The van der Waals surface area contributed by atoms with Gasteiger partial charge >= 0.3 is 0 Å². The van der Waals surface area contributed by atoms with Gasteiger partial charge in [-0.15, -0.1) is 0 Å². The van der Waals surface area contributed by atoms with Gasteiger partial charge in [0.15, 0.2) is 5.78 Å². The van der Waals surface area contributed by atoms with E-state index in [9.17, 15) is 4.79 Å². The van der Waals surface area contributed by atoms with Crippen molar-refractivity contribution < 1.29 is 4.79 Å². The first-order valence-electron chi connectivity index (χ1n) is 7.17. The number of benzene rings is 1. The van der Waals surface area contributed by atoms with Gasteiger partial charge < -0.3 is 4.90 Å². The highest BCUT2D eigenvalue weighted by Crippen LogP contribution is 2.28. The van der Waals surface area contributed by atoms with Crippen LogP contribution in [-0.4, -0.2) is 28.1 Å². The van der Waals surface area contributed by atoms with Crippen molar-refractivity contribution in [1.29, 1.82) is 0 Å². The molecule has 1 fully saturated rings. The van der Waals surface area contributed by atoms with Gasteiger partial charge in [-0.1, -0.05) is 56.0 Å². The predicted molar refractivity (Wildman–Crippen MR) is 89.5 cm³/mol. The van der Waals surface area contributed by atoms with Gasteiger partial charge in [-0.25, -0.2) is 0 Å². The smallest absolute Gasteiger partial charge is 0.164 e. The van der Waals surface area contributed by atoms with E-state index in [1.54, 1.807) is 11.8 Å². The number of carbonyl (C=O) groups excluding carboxylic acids is 1. The molecule has 1 aromatic rings. The molecule has 1 aliphatic heterocycles. The van der Waals surface area contributed by atoms with E-state index in [4.69, 9.17) is 12.2 Å². The SMILES string of the molecule is CC(C)CC(=O)c1ccccc1SC(=S)N1CCCC1. The van der Waals surface area contributed by atoms with E-state index < -0.39 is 0 Å². The summed E-state index contributed by atoms with van der Waals surface area (Å²) in [5, 5.41) is 0. The Labute approximate surface area is 130 Å². The average molecular weight is 307 g/mol. The monoisotopic (exact) mass is 307 g/mol. The number of carbonyl (C=O) groups is 1. The molecule has 0 N–H and O–H groups in total. The highest BCUT2D eigenvalue weighted by atomic mass is 32.2. The fourth-order valence-corrected chi connectivity index (χ4v) is 3.72. The Morgan fingerprint density at radius 2 is 1.95 bits per heavy atom. The third-order valence-electron chi connectivity index (χ3n) is 3.34. The number of nitrogens with zero attached hydrogens (tertiary/aromatic N) is 1. The van der Waals surface area contributed by atoms with Crippen LogP contribution in [0.15, 0.2) is 29.2 Å². The number of rotatable bonds is 4. The van der Waals surface area contributed by atoms with Crippen molar-refractivity contribution in [3.05, 3.63) is 29.8 Å². The van der Waals surface area contributed by atoms with E-state index in [2.05, 4.69) is 18.7 Å². The lowest BCUT2D eigenvalue weighted by Gasteiger charge is -2.18. The van der Waals surface area contributed by atoms with Gasteiger partial charge in [-0.3, -0.25) is 4.79 Å². The molecule has 0 unspecified atom stereocenters. The van der Waals surface area contributed by atoms with Crippen LogP contribution in [0.1, 0.15) is 43.5 Å². The average Bonchev–Trinajstić information content (AvgIpc) is 2.92. The summed E-state index contributed by atoms with van der Waals surface area (Å²) in [5.41, 5.74) is 0.813. The fraction of sp³-hybridized carbons (Fsp3) is 0.500. The molecule has 0 amide bonds. The normalized spacial score (nSPS) is 14.8. The van der Waals surface area contributed by atoms with Gasteiger partial charge in [0, 0.05) is 30.0 Å². The number of thioether (sulfide) groups is 1. The Hall–Kier alpha value is -0.870. The molecule has 108 valence electrons. The Morgan fingerprint density at radius 1 is 1.30 bits per heavy atom. The number of hydrogen-bond acceptors (Lipinski definition) is 3. The Bertz CT molecular complexity index is 493. The molecule has 0 atom stereocenters. The molecule has 4 heteroatoms. The van der Waals surface area contributed by atoms with Gasteiger partial charge in [0.2, 0.25) is 0 Å². The van der Waals surface area contributed by atoms with E-state index in [0.717, 1.165) is 27.9 Å². The van der Waals surface area contributed by atoms with E-state index in [-0.39, 0.29) is 5.78 Å². The molecular weight excluding hydrogens is 286 g/mol. The Balaban J connectivity index is 2.11. The van der Waals surface area contributed by atoms with Crippen molar-refractivity contribution in [1.82, 2.24) is 4.90 Å². The second kappa shape index (κ2) is 7.23. The van der Waals surface area contributed by atoms with Gasteiger partial charge in [-0.05, 0) is 24.8 Å². The molecule has 2 nitrogen and oxygen atoms in total. The van der Waals surface area contributed by atoms with Crippen molar-refractivity contribution in [2.75, 3.05) is 13.1 Å². The molecule has 0 radical (unpaired) electrons. The molecular formula is C16H21NOS2. The van der Waals surface area contributed by atoms with Crippen molar-refractivity contribution >= 4 is 34.1 Å². The minimum absolute atomic E-state index is 0.215. The molecule has 20 heavy (non-hydrogen) atoms. The van der Waals surface area contributed by atoms with Crippen molar-refractivity contribution in [2.24, 2.45) is 5.92 Å². The number of thiocarbonyl (C=S) groups is 1. The van der Waals surface area contributed by atoms with Crippen LogP contribution in [0.2, 0.25) is 0 Å². The van der Waals surface area contributed by atoms with Gasteiger partial charge in [0.1, 0.15) is 4.32 Å². The largest absolute Gasteiger partial charge is 0.357 e. The Kier molecular flexibility index (Phi) is 5.61. The lowest BCUT2D eigenvalue weighted by molar-refractivity contribution is 0.0965. The van der Waals surface area contributed by atoms with Crippen LogP contribution in [0.5, 0.6) is 0 Å². The van der Waals surface area contributed by atoms with Crippen LogP contribution < -0.4 is 0 Å². The van der Waals surface area contributed by atoms with Crippen LogP contribution in [0.3, 0.4) is 0 Å². The third-order valence-corrected chi connectivity index (χ3v) is 4.86. The summed E-state index contributed by atoms with van der Waals surface area (Å²) >= 11 is 7.07. The lowest BCUT2D eigenvalue weighted by Crippen LogP contribution is -2.23. The number of hydrogen-bond donors (Lipinski definition) is 0. The quantitative estimate of drug-likeness (QED) is 0.467. The topological polar surface area (TPSA) is 20.3 Å². The molecule has 2 rings (SSSR count). The zero-order chi connectivity index (χ0) is 14.5. The van der Waals surface area contributed by atoms with Gasteiger partial charge in [0.25, 0.3) is 0 Å². The summed E-state index contributed by atoms with van der Waals surface area (Å²) in [6.45, 7) is 6.24. The summed E-state index contributed by atoms with van der Waals surface area (Å²) in [6, 6.07) is 7.82. The molecule has 1 aromatic carbocycles. The van der Waals surface area contributed by atoms with Crippen LogP contribution in [-0.2, 0) is 0 Å². The van der Waals surface area contributed by atoms with E-state index in [1.165, 1.54) is 12.8 Å². The van der Waals surface area contributed by atoms with Crippen molar-refractivity contribution in [2.45, 2.75) is 38.0 Å². The minimum atomic E-state index is 0.215. The third kappa shape index (κ3) is 4.06.